The van der Waals surface area contributed by atoms with Crippen molar-refractivity contribution in [2.75, 3.05) is 19.6 Å². The van der Waals surface area contributed by atoms with Gasteiger partial charge in [-0.1, -0.05) is 6.07 Å². The van der Waals surface area contributed by atoms with Gasteiger partial charge in [-0.15, -0.1) is 12.4 Å². The van der Waals surface area contributed by atoms with E-state index in [0.29, 0.717) is 12.0 Å². The van der Waals surface area contributed by atoms with Gasteiger partial charge in [0.15, 0.2) is 0 Å². The van der Waals surface area contributed by atoms with E-state index in [2.05, 4.69) is 5.32 Å². The van der Waals surface area contributed by atoms with Crippen LogP contribution in [-0.2, 0) is 0 Å². The van der Waals surface area contributed by atoms with Crippen LogP contribution in [0.3, 0.4) is 0 Å². The second-order valence-corrected chi connectivity index (χ2v) is 5.63. The molecule has 0 saturated carbocycles. The molecule has 20 heavy (non-hydrogen) atoms. The number of hydrogen-bond acceptors (Lipinski definition) is 2. The molecule has 2 unspecified atom stereocenters. The van der Waals surface area contributed by atoms with Crippen LogP contribution in [0.2, 0.25) is 0 Å². The van der Waals surface area contributed by atoms with Gasteiger partial charge in [0.2, 0.25) is 0 Å². The van der Waals surface area contributed by atoms with E-state index in [1.54, 1.807) is 12.1 Å². The molecule has 3 nitrogen and oxygen atoms in total. The van der Waals surface area contributed by atoms with Crippen LogP contribution < -0.4 is 5.32 Å². The van der Waals surface area contributed by atoms with E-state index < -0.39 is 5.82 Å². The first kappa shape index (κ1) is 15.3. The Hall–Kier alpha value is -1.13. The summed E-state index contributed by atoms with van der Waals surface area (Å²) in [6.07, 6.45) is 2.09. The van der Waals surface area contributed by atoms with Crippen molar-refractivity contribution in [1.82, 2.24) is 10.2 Å². The number of carbonyl (C=O) groups is 1. The normalized spacial score (nSPS) is 25.0. The van der Waals surface area contributed by atoms with E-state index in [-0.39, 0.29) is 23.9 Å². The van der Waals surface area contributed by atoms with Gasteiger partial charge in [0.25, 0.3) is 5.91 Å². The number of piperidine rings is 1. The van der Waals surface area contributed by atoms with E-state index in [1.165, 1.54) is 6.07 Å². The first-order valence-corrected chi connectivity index (χ1v) is 6.94. The molecule has 0 aromatic heterocycles. The zero-order valence-electron chi connectivity index (χ0n) is 11.6. The third-order valence-electron chi connectivity index (χ3n) is 4.30. The number of nitrogens with zero attached hydrogens (tertiary/aromatic N) is 1. The fraction of sp³-hybridized carbons (Fsp3) is 0.533. The van der Waals surface area contributed by atoms with Crippen molar-refractivity contribution >= 4 is 18.3 Å². The van der Waals surface area contributed by atoms with Crippen molar-refractivity contribution in [3.63, 3.8) is 0 Å². The van der Waals surface area contributed by atoms with Gasteiger partial charge in [-0.2, -0.15) is 0 Å². The van der Waals surface area contributed by atoms with Crippen LogP contribution in [0.25, 0.3) is 0 Å². The van der Waals surface area contributed by atoms with Crippen LogP contribution in [0.15, 0.2) is 18.2 Å². The predicted octanol–water partition coefficient (Wildman–Crippen LogP) is 2.38. The van der Waals surface area contributed by atoms with Gasteiger partial charge < -0.3 is 10.2 Å². The molecule has 3 rings (SSSR count). The molecule has 0 spiro atoms. The van der Waals surface area contributed by atoms with E-state index >= 15 is 0 Å². The molecule has 2 fully saturated rings. The van der Waals surface area contributed by atoms with Crippen LogP contribution in [0.4, 0.5) is 4.39 Å². The van der Waals surface area contributed by atoms with Crippen molar-refractivity contribution in [2.24, 2.45) is 5.92 Å². The Bertz CT molecular complexity index is 509. The molecule has 110 valence electrons. The Balaban J connectivity index is 0.00000147. The van der Waals surface area contributed by atoms with Crippen molar-refractivity contribution < 1.29 is 9.18 Å². The largest absolute Gasteiger partial charge is 0.338 e. The Labute approximate surface area is 124 Å². The highest BCUT2D eigenvalue weighted by Crippen LogP contribution is 2.26. The van der Waals surface area contributed by atoms with Gasteiger partial charge in [-0.25, -0.2) is 4.39 Å². The molecule has 2 aliphatic rings. The highest BCUT2D eigenvalue weighted by Gasteiger charge is 2.34. The van der Waals surface area contributed by atoms with Crippen molar-refractivity contribution in [2.45, 2.75) is 25.8 Å². The summed E-state index contributed by atoms with van der Waals surface area (Å²) in [7, 11) is 0. The molecule has 2 aliphatic heterocycles. The Morgan fingerprint density at radius 3 is 2.95 bits per heavy atom. The maximum absolute atomic E-state index is 13.9. The summed E-state index contributed by atoms with van der Waals surface area (Å²) in [5.41, 5.74) is 1.04. The molecular weight excluding hydrogens is 279 g/mol. The second kappa shape index (κ2) is 6.10. The minimum atomic E-state index is -0.406. The SMILES string of the molecule is Cc1ccc(C(=O)N2CCC3NCCC3C2)c(F)c1.Cl. The molecule has 0 aliphatic carbocycles. The monoisotopic (exact) mass is 298 g/mol. The van der Waals surface area contributed by atoms with Crippen LogP contribution in [0.1, 0.15) is 28.8 Å². The maximum atomic E-state index is 13.9. The fourth-order valence-electron chi connectivity index (χ4n) is 3.20. The molecule has 2 saturated heterocycles. The molecule has 1 N–H and O–H groups in total. The van der Waals surface area contributed by atoms with Crippen molar-refractivity contribution in [3.8, 4) is 0 Å². The minimum absolute atomic E-state index is 0. The summed E-state index contributed by atoms with van der Waals surface area (Å²) >= 11 is 0. The lowest BCUT2D eigenvalue weighted by Crippen LogP contribution is -2.47. The molecule has 5 heteroatoms. The van der Waals surface area contributed by atoms with Crippen LogP contribution >= 0.6 is 12.4 Å². The van der Waals surface area contributed by atoms with E-state index in [0.717, 1.165) is 38.0 Å². The number of carbonyl (C=O) groups excluding carboxylic acids is 1. The van der Waals surface area contributed by atoms with Crippen LogP contribution in [0.5, 0.6) is 0 Å². The number of aryl methyl sites for hydroxylation is 1. The summed E-state index contributed by atoms with van der Waals surface area (Å²) in [6.45, 7) is 4.34. The number of likely N-dealkylation sites (tertiary alicyclic amines) is 1. The lowest BCUT2D eigenvalue weighted by atomic mass is 9.93. The number of halogens is 2. The number of benzene rings is 1. The lowest BCUT2D eigenvalue weighted by Gasteiger charge is -2.35. The molecule has 1 aromatic carbocycles. The van der Waals surface area contributed by atoms with Crippen molar-refractivity contribution in [3.05, 3.63) is 35.1 Å². The number of nitrogens with one attached hydrogen (secondary N) is 1. The van der Waals surface area contributed by atoms with Gasteiger partial charge >= 0.3 is 0 Å². The summed E-state index contributed by atoms with van der Waals surface area (Å²) in [5.74, 6) is -0.0364. The van der Waals surface area contributed by atoms with Gasteiger partial charge in [0.1, 0.15) is 5.82 Å². The summed E-state index contributed by atoms with van der Waals surface area (Å²) in [5, 5.41) is 3.46. The number of fused-ring (bicyclic) bond motifs is 1. The molecule has 2 heterocycles. The Morgan fingerprint density at radius 1 is 1.40 bits per heavy atom. The third-order valence-corrected chi connectivity index (χ3v) is 4.30. The number of hydrogen-bond donors (Lipinski definition) is 1. The van der Waals surface area contributed by atoms with Crippen LogP contribution in [0, 0.1) is 18.7 Å². The first-order chi connectivity index (χ1) is 9.15. The lowest BCUT2D eigenvalue weighted by molar-refractivity contribution is 0.0657. The predicted molar refractivity (Wildman–Crippen MR) is 78.8 cm³/mol. The second-order valence-electron chi connectivity index (χ2n) is 5.63. The first-order valence-electron chi connectivity index (χ1n) is 6.94. The quantitative estimate of drug-likeness (QED) is 0.863. The highest BCUT2D eigenvalue weighted by atomic mass is 35.5. The highest BCUT2D eigenvalue weighted by molar-refractivity contribution is 5.94. The molecule has 0 bridgehead atoms. The zero-order chi connectivity index (χ0) is 13.4. The molecule has 2 atom stereocenters. The van der Waals surface area contributed by atoms with Gasteiger partial charge in [0, 0.05) is 19.1 Å². The van der Waals surface area contributed by atoms with E-state index in [4.69, 9.17) is 0 Å². The fourth-order valence-corrected chi connectivity index (χ4v) is 3.20. The average molecular weight is 299 g/mol. The zero-order valence-corrected chi connectivity index (χ0v) is 12.4. The van der Waals surface area contributed by atoms with E-state index in [1.807, 2.05) is 11.8 Å². The Morgan fingerprint density at radius 2 is 2.20 bits per heavy atom. The summed E-state index contributed by atoms with van der Waals surface area (Å²) in [6, 6.07) is 5.37. The smallest absolute Gasteiger partial charge is 0.256 e. The maximum Gasteiger partial charge on any atom is 0.256 e. The van der Waals surface area contributed by atoms with E-state index in [9.17, 15) is 9.18 Å². The summed E-state index contributed by atoms with van der Waals surface area (Å²) in [4.78, 5) is 14.2. The average Bonchev–Trinajstić information content (AvgIpc) is 2.85. The standard InChI is InChI=1S/C15H19FN2O.ClH/c1-10-2-3-12(13(16)8-10)15(19)18-7-5-14-11(9-18)4-6-17-14;/h2-3,8,11,14,17H,4-7,9H2,1H3;1H. The van der Waals surface area contributed by atoms with Gasteiger partial charge in [-0.3, -0.25) is 4.79 Å². The van der Waals surface area contributed by atoms with Gasteiger partial charge in [0.05, 0.1) is 5.56 Å². The number of rotatable bonds is 1. The van der Waals surface area contributed by atoms with Gasteiger partial charge in [-0.05, 0) is 49.9 Å². The molecular formula is C15H20ClFN2O. The molecule has 0 radical (unpaired) electrons. The number of amides is 1. The summed E-state index contributed by atoms with van der Waals surface area (Å²) < 4.78 is 13.9. The minimum Gasteiger partial charge on any atom is -0.338 e. The molecule has 1 aromatic rings. The van der Waals surface area contributed by atoms with Crippen LogP contribution in [-0.4, -0.2) is 36.5 Å². The molecule has 1 amide bonds. The van der Waals surface area contributed by atoms with Crippen molar-refractivity contribution in [1.29, 1.82) is 0 Å². The topological polar surface area (TPSA) is 32.3 Å². The Kier molecular flexibility index (Phi) is 4.66. The third kappa shape index (κ3) is 2.81.